The smallest absolute Gasteiger partial charge is 0.193 e. The molecule has 3 rings (SSSR count). The molecule has 3 aromatic rings. The predicted molar refractivity (Wildman–Crippen MR) is 76.4 cm³/mol. The Morgan fingerprint density at radius 2 is 1.79 bits per heavy atom. The third-order valence-corrected chi connectivity index (χ3v) is 3.15. The van der Waals surface area contributed by atoms with E-state index in [0.29, 0.717) is 5.56 Å². The lowest BCUT2D eigenvalue weighted by Crippen LogP contribution is -2.01. The molecule has 2 heteroatoms. The van der Waals surface area contributed by atoms with Crippen LogP contribution in [0, 0.1) is 6.92 Å². The Labute approximate surface area is 111 Å². The molecule has 0 saturated heterocycles. The van der Waals surface area contributed by atoms with Gasteiger partial charge in [0.15, 0.2) is 5.78 Å². The Hall–Kier alpha value is -2.48. The second-order valence-corrected chi connectivity index (χ2v) is 4.61. The molecular formula is C17H13NO. The molecule has 0 radical (unpaired) electrons. The highest BCUT2D eigenvalue weighted by molar-refractivity contribution is 6.10. The maximum Gasteiger partial charge on any atom is 0.193 e. The van der Waals surface area contributed by atoms with E-state index in [1.54, 1.807) is 6.20 Å². The van der Waals surface area contributed by atoms with Gasteiger partial charge in [-0.2, -0.15) is 0 Å². The van der Waals surface area contributed by atoms with Crippen molar-refractivity contribution in [1.82, 2.24) is 4.98 Å². The first-order valence-corrected chi connectivity index (χ1v) is 6.20. The maximum atomic E-state index is 12.4. The average Bonchev–Trinajstić information content (AvgIpc) is 2.46. The zero-order chi connectivity index (χ0) is 13.2. The summed E-state index contributed by atoms with van der Waals surface area (Å²) in [4.78, 5) is 16.7. The number of nitrogens with zero attached hydrogens (tertiary/aromatic N) is 1. The molecule has 0 amide bonds. The molecule has 19 heavy (non-hydrogen) atoms. The number of rotatable bonds is 2. The van der Waals surface area contributed by atoms with Crippen molar-refractivity contribution in [3.8, 4) is 0 Å². The Balaban J connectivity index is 2.06. The number of aryl methyl sites for hydroxylation is 1. The molecule has 0 bridgehead atoms. The van der Waals surface area contributed by atoms with Gasteiger partial charge < -0.3 is 0 Å². The maximum absolute atomic E-state index is 12.4. The van der Waals surface area contributed by atoms with Gasteiger partial charge in [-0.05, 0) is 25.1 Å². The molecule has 2 aromatic carbocycles. The molecule has 0 aliphatic carbocycles. The Morgan fingerprint density at radius 3 is 2.63 bits per heavy atom. The lowest BCUT2D eigenvalue weighted by atomic mass is 10.0. The van der Waals surface area contributed by atoms with Gasteiger partial charge in [-0.3, -0.25) is 9.78 Å². The minimum Gasteiger partial charge on any atom is -0.289 e. The van der Waals surface area contributed by atoms with Gasteiger partial charge in [-0.15, -0.1) is 0 Å². The van der Waals surface area contributed by atoms with E-state index in [4.69, 9.17) is 0 Å². The number of aromatic nitrogens is 1. The molecule has 0 atom stereocenters. The summed E-state index contributed by atoms with van der Waals surface area (Å²) in [7, 11) is 0. The number of hydrogen-bond donors (Lipinski definition) is 0. The van der Waals surface area contributed by atoms with E-state index in [1.165, 1.54) is 0 Å². The van der Waals surface area contributed by atoms with Crippen LogP contribution in [0.3, 0.4) is 0 Å². The first kappa shape index (κ1) is 11.6. The third-order valence-electron chi connectivity index (χ3n) is 3.15. The van der Waals surface area contributed by atoms with Crippen molar-refractivity contribution < 1.29 is 4.79 Å². The van der Waals surface area contributed by atoms with Crippen molar-refractivity contribution in [2.75, 3.05) is 0 Å². The molecule has 2 nitrogen and oxygen atoms in total. The van der Waals surface area contributed by atoms with Crippen molar-refractivity contribution in [2.24, 2.45) is 0 Å². The number of ketones is 1. The van der Waals surface area contributed by atoms with Gasteiger partial charge in [0, 0.05) is 22.7 Å². The standard InChI is InChI=1S/C17H13NO/c1-12-4-2-5-14(10-12)17(19)15-8-7-13-6-3-9-18-16(13)11-15/h2-11H,1H3. The van der Waals surface area contributed by atoms with E-state index in [0.717, 1.165) is 22.0 Å². The number of fused-ring (bicyclic) bond motifs is 1. The molecular weight excluding hydrogens is 234 g/mol. The lowest BCUT2D eigenvalue weighted by Gasteiger charge is -2.04. The van der Waals surface area contributed by atoms with Crippen LogP contribution in [-0.4, -0.2) is 10.8 Å². The summed E-state index contributed by atoms with van der Waals surface area (Å²) in [5, 5.41) is 1.04. The van der Waals surface area contributed by atoms with Crippen molar-refractivity contribution in [3.63, 3.8) is 0 Å². The SMILES string of the molecule is Cc1cccc(C(=O)c2ccc3cccnc3c2)c1. The van der Waals surface area contributed by atoms with Crippen LogP contribution < -0.4 is 0 Å². The Morgan fingerprint density at radius 1 is 0.947 bits per heavy atom. The minimum atomic E-state index is 0.0382. The van der Waals surface area contributed by atoms with Gasteiger partial charge in [0.05, 0.1) is 5.52 Å². The fourth-order valence-electron chi connectivity index (χ4n) is 2.16. The fraction of sp³-hybridized carbons (Fsp3) is 0.0588. The van der Waals surface area contributed by atoms with Gasteiger partial charge in [0.25, 0.3) is 0 Å². The summed E-state index contributed by atoms with van der Waals surface area (Å²) in [5.41, 5.74) is 3.33. The van der Waals surface area contributed by atoms with Crippen LogP contribution in [0.5, 0.6) is 0 Å². The van der Waals surface area contributed by atoms with E-state index in [1.807, 2.05) is 61.5 Å². The largest absolute Gasteiger partial charge is 0.289 e. The minimum absolute atomic E-state index is 0.0382. The van der Waals surface area contributed by atoms with Crippen molar-refractivity contribution in [3.05, 3.63) is 77.5 Å². The molecule has 0 N–H and O–H groups in total. The number of benzene rings is 2. The zero-order valence-electron chi connectivity index (χ0n) is 10.6. The van der Waals surface area contributed by atoms with Crippen LogP contribution in [0.2, 0.25) is 0 Å². The van der Waals surface area contributed by atoms with Gasteiger partial charge in [0.2, 0.25) is 0 Å². The van der Waals surface area contributed by atoms with Crippen molar-refractivity contribution in [2.45, 2.75) is 6.92 Å². The predicted octanol–water partition coefficient (Wildman–Crippen LogP) is 3.77. The first-order valence-electron chi connectivity index (χ1n) is 6.20. The molecule has 1 heterocycles. The van der Waals surface area contributed by atoms with E-state index in [9.17, 15) is 4.79 Å². The molecule has 0 spiro atoms. The molecule has 92 valence electrons. The van der Waals surface area contributed by atoms with E-state index in [-0.39, 0.29) is 5.78 Å². The quantitative estimate of drug-likeness (QED) is 0.645. The highest BCUT2D eigenvalue weighted by Gasteiger charge is 2.09. The molecule has 0 aliphatic heterocycles. The van der Waals surface area contributed by atoms with Crippen LogP contribution in [0.1, 0.15) is 21.5 Å². The van der Waals surface area contributed by atoms with E-state index in [2.05, 4.69) is 4.98 Å². The molecule has 0 unspecified atom stereocenters. The Kier molecular flexibility index (Phi) is 2.84. The molecule has 1 aromatic heterocycles. The van der Waals surface area contributed by atoms with Gasteiger partial charge in [-0.1, -0.05) is 42.0 Å². The fourth-order valence-corrected chi connectivity index (χ4v) is 2.16. The Bertz CT molecular complexity index is 762. The van der Waals surface area contributed by atoms with Crippen molar-refractivity contribution in [1.29, 1.82) is 0 Å². The number of carbonyl (C=O) groups is 1. The summed E-state index contributed by atoms with van der Waals surface area (Å²) in [6.07, 6.45) is 1.74. The summed E-state index contributed by atoms with van der Waals surface area (Å²) in [5.74, 6) is 0.0382. The summed E-state index contributed by atoms with van der Waals surface area (Å²) >= 11 is 0. The van der Waals surface area contributed by atoms with Crippen molar-refractivity contribution >= 4 is 16.7 Å². The molecule has 0 aliphatic rings. The van der Waals surface area contributed by atoms with Crippen LogP contribution in [0.25, 0.3) is 10.9 Å². The van der Waals surface area contributed by atoms with Crippen LogP contribution in [0.15, 0.2) is 60.8 Å². The first-order chi connectivity index (χ1) is 9.24. The molecule has 0 saturated carbocycles. The summed E-state index contributed by atoms with van der Waals surface area (Å²) < 4.78 is 0. The number of hydrogen-bond acceptors (Lipinski definition) is 2. The average molecular weight is 247 g/mol. The lowest BCUT2D eigenvalue weighted by molar-refractivity contribution is 0.103. The van der Waals surface area contributed by atoms with Gasteiger partial charge in [-0.25, -0.2) is 0 Å². The van der Waals surface area contributed by atoms with Gasteiger partial charge >= 0.3 is 0 Å². The topological polar surface area (TPSA) is 30.0 Å². The monoisotopic (exact) mass is 247 g/mol. The third kappa shape index (κ3) is 2.25. The van der Waals surface area contributed by atoms with Crippen LogP contribution >= 0.6 is 0 Å². The second kappa shape index (κ2) is 4.65. The van der Waals surface area contributed by atoms with Crippen LogP contribution in [0.4, 0.5) is 0 Å². The highest BCUT2D eigenvalue weighted by atomic mass is 16.1. The van der Waals surface area contributed by atoms with E-state index >= 15 is 0 Å². The number of carbonyl (C=O) groups excluding carboxylic acids is 1. The summed E-state index contributed by atoms with van der Waals surface area (Å²) in [6.45, 7) is 1.98. The second-order valence-electron chi connectivity index (χ2n) is 4.61. The summed E-state index contributed by atoms with van der Waals surface area (Å²) in [6, 6.07) is 17.2. The molecule has 0 fully saturated rings. The zero-order valence-corrected chi connectivity index (χ0v) is 10.6. The van der Waals surface area contributed by atoms with Gasteiger partial charge in [0.1, 0.15) is 0 Å². The normalized spacial score (nSPS) is 10.6. The number of pyridine rings is 1. The highest BCUT2D eigenvalue weighted by Crippen LogP contribution is 2.17. The van der Waals surface area contributed by atoms with Crippen LogP contribution in [-0.2, 0) is 0 Å². The van der Waals surface area contributed by atoms with E-state index < -0.39 is 0 Å².